The smallest absolute Gasteiger partial charge is 0.0907 e. The molecule has 1 rings (SSSR count). The highest BCUT2D eigenvalue weighted by Crippen LogP contribution is 2.32. The Morgan fingerprint density at radius 3 is 2.69 bits per heavy atom. The molecule has 0 aliphatic rings. The van der Waals surface area contributed by atoms with E-state index in [0.29, 0.717) is 5.92 Å². The van der Waals surface area contributed by atoms with Crippen LogP contribution in [0.2, 0.25) is 0 Å². The lowest BCUT2D eigenvalue weighted by atomic mass is 9.98. The number of hydrogen-bond acceptors (Lipinski definition) is 2. The topological polar surface area (TPSA) is 20.2 Å². The minimum atomic E-state index is -0.295. The Balaban J connectivity index is 2.61. The van der Waals surface area contributed by atoms with Crippen molar-refractivity contribution < 1.29 is 5.11 Å². The SMILES string of the molecule is CCCC(C)C(O)c1ccc(Br)s1. The number of aliphatic hydroxyl groups excluding tert-OH is 1. The van der Waals surface area contributed by atoms with Gasteiger partial charge >= 0.3 is 0 Å². The highest BCUT2D eigenvalue weighted by atomic mass is 79.9. The van der Waals surface area contributed by atoms with Crippen molar-refractivity contribution in [3.05, 3.63) is 20.8 Å². The summed E-state index contributed by atoms with van der Waals surface area (Å²) < 4.78 is 1.09. The monoisotopic (exact) mass is 262 g/mol. The van der Waals surface area contributed by atoms with Crippen LogP contribution in [0.25, 0.3) is 0 Å². The summed E-state index contributed by atoms with van der Waals surface area (Å²) >= 11 is 5.01. The first-order valence-corrected chi connectivity index (χ1v) is 6.19. The molecule has 1 N–H and O–H groups in total. The second-order valence-electron chi connectivity index (χ2n) is 3.35. The van der Waals surface area contributed by atoms with Gasteiger partial charge in [0.25, 0.3) is 0 Å². The summed E-state index contributed by atoms with van der Waals surface area (Å²) in [7, 11) is 0. The lowest BCUT2D eigenvalue weighted by Gasteiger charge is -2.16. The van der Waals surface area contributed by atoms with Crippen LogP contribution in [0, 0.1) is 5.92 Å². The third kappa shape index (κ3) is 3.08. The second kappa shape index (κ2) is 5.13. The van der Waals surface area contributed by atoms with Gasteiger partial charge in [0.15, 0.2) is 0 Å². The van der Waals surface area contributed by atoms with Crippen LogP contribution in [0.1, 0.15) is 37.7 Å². The maximum atomic E-state index is 9.92. The molecule has 1 aromatic rings. The summed E-state index contributed by atoms with van der Waals surface area (Å²) in [5.74, 6) is 0.357. The molecule has 0 aliphatic carbocycles. The minimum absolute atomic E-state index is 0.295. The lowest BCUT2D eigenvalue weighted by molar-refractivity contribution is 0.116. The van der Waals surface area contributed by atoms with Crippen molar-refractivity contribution in [2.24, 2.45) is 5.92 Å². The third-order valence-electron chi connectivity index (χ3n) is 2.17. The van der Waals surface area contributed by atoms with E-state index in [4.69, 9.17) is 0 Å². The quantitative estimate of drug-likeness (QED) is 0.871. The van der Waals surface area contributed by atoms with E-state index in [9.17, 15) is 5.11 Å². The summed E-state index contributed by atoms with van der Waals surface area (Å²) in [4.78, 5) is 1.06. The fourth-order valence-corrected chi connectivity index (χ4v) is 2.92. The van der Waals surface area contributed by atoms with Crippen LogP contribution in [0.15, 0.2) is 15.9 Å². The number of aliphatic hydroxyl groups is 1. The van der Waals surface area contributed by atoms with Gasteiger partial charge in [-0.1, -0.05) is 20.3 Å². The van der Waals surface area contributed by atoms with Crippen molar-refractivity contribution in [2.75, 3.05) is 0 Å². The van der Waals surface area contributed by atoms with E-state index in [-0.39, 0.29) is 6.10 Å². The molecule has 0 bridgehead atoms. The summed E-state index contributed by atoms with van der Waals surface area (Å²) in [6, 6.07) is 3.98. The fraction of sp³-hybridized carbons (Fsp3) is 0.600. The van der Waals surface area contributed by atoms with Crippen LogP contribution < -0.4 is 0 Å². The second-order valence-corrected chi connectivity index (χ2v) is 5.85. The van der Waals surface area contributed by atoms with Crippen molar-refractivity contribution in [1.29, 1.82) is 0 Å². The van der Waals surface area contributed by atoms with E-state index in [1.807, 2.05) is 12.1 Å². The zero-order valence-electron chi connectivity index (χ0n) is 7.96. The Labute approximate surface area is 91.9 Å². The molecule has 0 aromatic carbocycles. The Morgan fingerprint density at radius 2 is 2.23 bits per heavy atom. The van der Waals surface area contributed by atoms with Crippen LogP contribution >= 0.6 is 27.3 Å². The first kappa shape index (κ1) is 11.2. The van der Waals surface area contributed by atoms with E-state index in [2.05, 4.69) is 29.8 Å². The molecule has 1 nitrogen and oxygen atoms in total. The highest BCUT2D eigenvalue weighted by Gasteiger charge is 2.16. The lowest BCUT2D eigenvalue weighted by Crippen LogP contribution is -2.06. The van der Waals surface area contributed by atoms with Gasteiger partial charge in [0, 0.05) is 4.88 Å². The molecular weight excluding hydrogens is 248 g/mol. The molecule has 2 atom stereocenters. The molecule has 0 fully saturated rings. The van der Waals surface area contributed by atoms with Crippen molar-refractivity contribution in [3.8, 4) is 0 Å². The highest BCUT2D eigenvalue weighted by molar-refractivity contribution is 9.11. The molecule has 0 radical (unpaired) electrons. The summed E-state index contributed by atoms with van der Waals surface area (Å²) in [6.45, 7) is 4.25. The van der Waals surface area contributed by atoms with Gasteiger partial charge in [-0.25, -0.2) is 0 Å². The van der Waals surface area contributed by atoms with Gasteiger partial charge in [-0.3, -0.25) is 0 Å². The van der Waals surface area contributed by atoms with E-state index in [1.165, 1.54) is 0 Å². The molecule has 74 valence electrons. The van der Waals surface area contributed by atoms with Gasteiger partial charge in [-0.2, -0.15) is 0 Å². The molecule has 1 heterocycles. The Morgan fingerprint density at radius 1 is 1.54 bits per heavy atom. The number of hydrogen-bond donors (Lipinski definition) is 1. The standard InChI is InChI=1S/C10H15BrOS/c1-3-4-7(2)10(12)8-5-6-9(11)13-8/h5-7,10,12H,3-4H2,1-2H3. The van der Waals surface area contributed by atoms with Crippen molar-refractivity contribution in [3.63, 3.8) is 0 Å². The van der Waals surface area contributed by atoms with Crippen LogP contribution in [-0.2, 0) is 0 Å². The van der Waals surface area contributed by atoms with E-state index < -0.39 is 0 Å². The molecule has 2 unspecified atom stereocenters. The Hall–Kier alpha value is 0.140. The maximum Gasteiger partial charge on any atom is 0.0907 e. The number of rotatable bonds is 4. The Bertz CT molecular complexity index is 259. The molecule has 0 amide bonds. The van der Waals surface area contributed by atoms with Crippen LogP contribution in [0.5, 0.6) is 0 Å². The molecular formula is C10H15BrOS. The average Bonchev–Trinajstić information content (AvgIpc) is 2.51. The molecule has 3 heteroatoms. The van der Waals surface area contributed by atoms with Gasteiger partial charge in [0.2, 0.25) is 0 Å². The van der Waals surface area contributed by atoms with Crippen molar-refractivity contribution in [1.82, 2.24) is 0 Å². The van der Waals surface area contributed by atoms with Crippen molar-refractivity contribution >= 4 is 27.3 Å². The first-order valence-electron chi connectivity index (χ1n) is 4.58. The summed E-state index contributed by atoms with van der Waals surface area (Å²) in [5.41, 5.74) is 0. The molecule has 0 aliphatic heterocycles. The van der Waals surface area contributed by atoms with Crippen molar-refractivity contribution in [2.45, 2.75) is 32.8 Å². The largest absolute Gasteiger partial charge is 0.387 e. The summed E-state index contributed by atoms with van der Waals surface area (Å²) in [5, 5.41) is 9.92. The zero-order chi connectivity index (χ0) is 9.84. The van der Waals surface area contributed by atoms with Gasteiger partial charge in [0.1, 0.15) is 0 Å². The van der Waals surface area contributed by atoms with E-state index in [1.54, 1.807) is 11.3 Å². The minimum Gasteiger partial charge on any atom is -0.387 e. The average molecular weight is 263 g/mol. The van der Waals surface area contributed by atoms with Gasteiger partial charge in [-0.05, 0) is 40.4 Å². The Kier molecular flexibility index (Phi) is 4.42. The normalized spacial score (nSPS) is 15.7. The van der Waals surface area contributed by atoms with Crippen LogP contribution in [0.3, 0.4) is 0 Å². The molecule has 1 aromatic heterocycles. The molecule has 0 saturated heterocycles. The predicted octanol–water partition coefficient (Wildman–Crippen LogP) is 3.98. The molecule has 0 spiro atoms. The zero-order valence-corrected chi connectivity index (χ0v) is 10.4. The maximum absolute atomic E-state index is 9.92. The first-order chi connectivity index (χ1) is 6.15. The van der Waals surface area contributed by atoms with Gasteiger partial charge < -0.3 is 5.11 Å². The molecule has 0 saturated carbocycles. The summed E-state index contributed by atoms with van der Waals surface area (Å²) in [6.07, 6.45) is 1.91. The molecule has 13 heavy (non-hydrogen) atoms. The van der Waals surface area contributed by atoms with E-state index >= 15 is 0 Å². The van der Waals surface area contributed by atoms with Gasteiger partial charge in [-0.15, -0.1) is 11.3 Å². The van der Waals surface area contributed by atoms with Crippen LogP contribution in [-0.4, -0.2) is 5.11 Å². The number of thiophene rings is 1. The fourth-order valence-electron chi connectivity index (χ4n) is 1.38. The third-order valence-corrected chi connectivity index (χ3v) is 3.86. The van der Waals surface area contributed by atoms with Gasteiger partial charge in [0.05, 0.1) is 9.89 Å². The van der Waals surface area contributed by atoms with E-state index in [0.717, 1.165) is 21.5 Å². The predicted molar refractivity (Wildman–Crippen MR) is 61.1 cm³/mol. The van der Waals surface area contributed by atoms with Crippen LogP contribution in [0.4, 0.5) is 0 Å². The number of halogens is 1.